The average molecular weight is 286 g/mol. The van der Waals surface area contributed by atoms with Crippen molar-refractivity contribution in [2.24, 2.45) is 0 Å². The van der Waals surface area contributed by atoms with E-state index in [9.17, 15) is 4.79 Å². The summed E-state index contributed by atoms with van der Waals surface area (Å²) >= 11 is 2.32. The molecule has 0 rings (SSSR count). The van der Waals surface area contributed by atoms with Gasteiger partial charge in [0.15, 0.2) is 0 Å². The van der Waals surface area contributed by atoms with E-state index in [0.717, 1.165) is 17.3 Å². The first kappa shape index (κ1) is 12.2. The maximum absolute atomic E-state index is 10.7. The monoisotopic (exact) mass is 286 g/mol. The van der Waals surface area contributed by atoms with Gasteiger partial charge in [0.05, 0.1) is 6.61 Å². The maximum Gasteiger partial charge on any atom is 0.332 e. The molecule has 0 unspecified atom stereocenters. The number of halogens is 1. The van der Waals surface area contributed by atoms with Crippen molar-refractivity contribution in [2.75, 3.05) is 24.2 Å². The summed E-state index contributed by atoms with van der Waals surface area (Å²) in [7, 11) is 0. The summed E-state index contributed by atoms with van der Waals surface area (Å²) in [6, 6.07) is 0. The quantitative estimate of drug-likeness (QED) is 0.310. The molecule has 0 aromatic rings. The minimum atomic E-state index is -0.271. The highest BCUT2D eigenvalue weighted by molar-refractivity contribution is 14.1. The van der Waals surface area contributed by atoms with Gasteiger partial charge in [0.2, 0.25) is 0 Å². The number of rotatable bonds is 7. The second kappa shape index (κ2) is 9.25. The lowest BCUT2D eigenvalue weighted by atomic mass is 10.4. The van der Waals surface area contributed by atoms with E-state index >= 15 is 0 Å². The minimum Gasteiger partial charge on any atom is -0.464 e. The van der Waals surface area contributed by atoms with Crippen LogP contribution in [-0.2, 0) is 14.3 Å². The molecule has 4 heteroatoms. The van der Waals surface area contributed by atoms with E-state index in [1.54, 1.807) is 6.92 Å². The molecule has 0 spiro atoms. The van der Waals surface area contributed by atoms with Gasteiger partial charge in [-0.1, -0.05) is 22.6 Å². The van der Waals surface area contributed by atoms with Crippen LogP contribution in [0.25, 0.3) is 0 Å². The van der Waals surface area contributed by atoms with Crippen LogP contribution in [0.15, 0.2) is 0 Å². The zero-order valence-corrected chi connectivity index (χ0v) is 9.50. The number of carbonyl (C=O) groups excluding carboxylic acids is 1. The molecule has 0 aromatic carbocycles. The molecule has 3 nitrogen and oxygen atoms in total. The van der Waals surface area contributed by atoms with Gasteiger partial charge in [-0.25, -0.2) is 4.79 Å². The molecule has 0 saturated carbocycles. The minimum absolute atomic E-state index is 0.0923. The third-order valence-corrected chi connectivity index (χ3v) is 1.96. The highest BCUT2D eigenvalue weighted by Gasteiger charge is 1.99. The van der Waals surface area contributed by atoms with Crippen LogP contribution in [0.3, 0.4) is 0 Å². The lowest BCUT2D eigenvalue weighted by molar-refractivity contribution is -0.148. The lowest BCUT2D eigenvalue weighted by Crippen LogP contribution is -2.12. The van der Waals surface area contributed by atoms with Crippen molar-refractivity contribution in [3.05, 3.63) is 0 Å². The van der Waals surface area contributed by atoms with Gasteiger partial charge in [0.25, 0.3) is 0 Å². The van der Waals surface area contributed by atoms with Gasteiger partial charge in [-0.15, -0.1) is 0 Å². The van der Waals surface area contributed by atoms with Gasteiger partial charge >= 0.3 is 5.97 Å². The normalized spacial score (nSPS) is 9.83. The fourth-order valence-corrected chi connectivity index (χ4v) is 1.20. The predicted octanol–water partition coefficient (Wildman–Crippen LogP) is 1.78. The Kier molecular flexibility index (Phi) is 9.37. The molecule has 72 valence electrons. The number of unbranched alkanes of at least 4 members (excludes halogenated alkanes) is 1. The lowest BCUT2D eigenvalue weighted by Gasteiger charge is -2.02. The molecule has 0 radical (unpaired) electrons. The molecule has 0 aliphatic carbocycles. The maximum atomic E-state index is 10.7. The summed E-state index contributed by atoms with van der Waals surface area (Å²) in [6.07, 6.45) is 2.16. The molecule has 0 bridgehead atoms. The smallest absolute Gasteiger partial charge is 0.332 e. The first-order valence-corrected chi connectivity index (χ1v) is 5.63. The predicted molar refractivity (Wildman–Crippen MR) is 55.6 cm³/mol. The SMILES string of the molecule is CCOC(=O)COCCCCI. The van der Waals surface area contributed by atoms with E-state index in [0.29, 0.717) is 13.2 Å². The number of carbonyl (C=O) groups is 1. The average Bonchev–Trinajstić information content (AvgIpc) is 2.05. The number of esters is 1. The van der Waals surface area contributed by atoms with Crippen LogP contribution in [0, 0.1) is 0 Å². The van der Waals surface area contributed by atoms with Gasteiger partial charge < -0.3 is 9.47 Å². The molecule has 0 fully saturated rings. The summed E-state index contributed by atoms with van der Waals surface area (Å²) in [5.74, 6) is -0.271. The van der Waals surface area contributed by atoms with Gasteiger partial charge in [0, 0.05) is 6.61 Å². The molecular formula is C8H15IO3. The van der Waals surface area contributed by atoms with Crippen molar-refractivity contribution >= 4 is 28.6 Å². The Bertz CT molecular complexity index is 117. The van der Waals surface area contributed by atoms with Gasteiger partial charge in [-0.05, 0) is 24.2 Å². The highest BCUT2D eigenvalue weighted by atomic mass is 127. The van der Waals surface area contributed by atoms with E-state index in [1.165, 1.54) is 0 Å². The largest absolute Gasteiger partial charge is 0.464 e. The molecule has 0 amide bonds. The number of hydrogen-bond acceptors (Lipinski definition) is 3. The highest BCUT2D eigenvalue weighted by Crippen LogP contribution is 1.94. The van der Waals surface area contributed by atoms with Crippen LogP contribution in [0.4, 0.5) is 0 Å². The fraction of sp³-hybridized carbons (Fsp3) is 0.875. The number of alkyl halides is 1. The van der Waals surface area contributed by atoms with Crippen molar-refractivity contribution in [2.45, 2.75) is 19.8 Å². The van der Waals surface area contributed by atoms with Crippen molar-refractivity contribution in [1.29, 1.82) is 0 Å². The van der Waals surface area contributed by atoms with E-state index < -0.39 is 0 Å². The Labute approximate surface area is 86.9 Å². The Hall–Kier alpha value is 0.160. The fourth-order valence-electron chi connectivity index (χ4n) is 0.657. The van der Waals surface area contributed by atoms with Gasteiger partial charge in [0.1, 0.15) is 6.61 Å². The zero-order chi connectivity index (χ0) is 9.23. The first-order valence-electron chi connectivity index (χ1n) is 4.10. The van der Waals surface area contributed by atoms with Crippen LogP contribution in [-0.4, -0.2) is 30.2 Å². The first-order chi connectivity index (χ1) is 5.81. The molecule has 0 aliphatic heterocycles. The summed E-state index contributed by atoms with van der Waals surface area (Å²) in [5, 5.41) is 0. The molecule has 0 atom stereocenters. The van der Waals surface area contributed by atoms with Crippen LogP contribution >= 0.6 is 22.6 Å². The number of hydrogen-bond donors (Lipinski definition) is 0. The van der Waals surface area contributed by atoms with Crippen molar-refractivity contribution in [3.8, 4) is 0 Å². The second-order valence-corrected chi connectivity index (χ2v) is 3.33. The standard InChI is InChI=1S/C8H15IO3/c1-2-12-8(10)7-11-6-4-3-5-9/h2-7H2,1H3. The molecule has 0 aliphatic rings. The third-order valence-electron chi connectivity index (χ3n) is 1.20. The van der Waals surface area contributed by atoms with E-state index in [1.807, 2.05) is 0 Å². The molecule has 0 aromatic heterocycles. The van der Waals surface area contributed by atoms with Crippen LogP contribution in [0.2, 0.25) is 0 Å². The summed E-state index contributed by atoms with van der Waals surface area (Å²) < 4.78 is 10.9. The molecule has 12 heavy (non-hydrogen) atoms. The van der Waals surface area contributed by atoms with Crippen molar-refractivity contribution in [3.63, 3.8) is 0 Å². The van der Waals surface area contributed by atoms with Gasteiger partial charge in [-0.2, -0.15) is 0 Å². The van der Waals surface area contributed by atoms with Crippen molar-refractivity contribution in [1.82, 2.24) is 0 Å². The number of ether oxygens (including phenoxy) is 2. The van der Waals surface area contributed by atoms with E-state index in [2.05, 4.69) is 27.3 Å². The topological polar surface area (TPSA) is 35.5 Å². The summed E-state index contributed by atoms with van der Waals surface area (Å²) in [5.41, 5.74) is 0. The van der Waals surface area contributed by atoms with E-state index in [-0.39, 0.29) is 12.6 Å². The zero-order valence-electron chi connectivity index (χ0n) is 7.35. The molecule has 0 heterocycles. The van der Waals surface area contributed by atoms with Gasteiger partial charge in [-0.3, -0.25) is 0 Å². The molecular weight excluding hydrogens is 271 g/mol. The third kappa shape index (κ3) is 8.26. The molecule has 0 N–H and O–H groups in total. The molecule has 0 saturated heterocycles. The van der Waals surface area contributed by atoms with Crippen LogP contribution in [0.5, 0.6) is 0 Å². The Balaban J connectivity index is 3.03. The summed E-state index contributed by atoms with van der Waals surface area (Å²) in [4.78, 5) is 10.7. The summed E-state index contributed by atoms with van der Waals surface area (Å²) in [6.45, 7) is 2.96. The van der Waals surface area contributed by atoms with Crippen molar-refractivity contribution < 1.29 is 14.3 Å². The second-order valence-electron chi connectivity index (χ2n) is 2.25. The Morgan fingerprint density at radius 1 is 1.42 bits per heavy atom. The Morgan fingerprint density at radius 2 is 2.17 bits per heavy atom. The van der Waals surface area contributed by atoms with Crippen LogP contribution < -0.4 is 0 Å². The van der Waals surface area contributed by atoms with Crippen LogP contribution in [0.1, 0.15) is 19.8 Å². The van der Waals surface area contributed by atoms with E-state index in [4.69, 9.17) is 4.74 Å². The Morgan fingerprint density at radius 3 is 2.75 bits per heavy atom.